The van der Waals surface area contributed by atoms with E-state index in [1.54, 1.807) is 49.9 Å². The molecule has 6 nitrogen and oxygen atoms in total. The lowest BCUT2D eigenvalue weighted by molar-refractivity contribution is -0.154. The van der Waals surface area contributed by atoms with Crippen LogP contribution in [0, 0.1) is 12.8 Å². The Labute approximate surface area is 207 Å². The minimum atomic E-state index is -3.82. The molecule has 0 amide bonds. The normalized spacial score (nSPS) is 17.9. The molecule has 0 saturated carbocycles. The van der Waals surface area contributed by atoms with Crippen molar-refractivity contribution < 1.29 is 22.7 Å². The first-order chi connectivity index (χ1) is 16.2. The minimum Gasteiger partial charge on any atom is -0.463 e. The van der Waals surface area contributed by atoms with Crippen molar-refractivity contribution in [2.75, 3.05) is 18.1 Å². The highest BCUT2D eigenvalue weighted by Crippen LogP contribution is 2.28. The lowest BCUT2D eigenvalue weighted by Gasteiger charge is -2.34. The molecule has 1 fully saturated rings. The topological polar surface area (TPSA) is 80.8 Å². The van der Waals surface area contributed by atoms with Gasteiger partial charge in [-0.15, -0.1) is 0 Å². The Morgan fingerprint density at radius 2 is 1.76 bits per heavy atom. The lowest BCUT2D eigenvalue weighted by Crippen LogP contribution is -2.50. The van der Waals surface area contributed by atoms with Gasteiger partial charge >= 0.3 is 5.97 Å². The van der Waals surface area contributed by atoms with E-state index in [9.17, 15) is 18.0 Å². The van der Waals surface area contributed by atoms with E-state index in [4.69, 9.17) is 4.74 Å². The Morgan fingerprint density at radius 3 is 2.41 bits per heavy atom. The van der Waals surface area contributed by atoms with Gasteiger partial charge in [-0.05, 0) is 51.3 Å². The van der Waals surface area contributed by atoms with Crippen molar-refractivity contribution in [3.05, 3.63) is 65.7 Å². The first kappa shape index (κ1) is 26.4. The predicted molar refractivity (Wildman–Crippen MR) is 135 cm³/mol. The molecule has 1 heterocycles. The van der Waals surface area contributed by atoms with Crippen molar-refractivity contribution in [3.8, 4) is 0 Å². The summed E-state index contributed by atoms with van der Waals surface area (Å²) in [6.07, 6.45) is 0.775. The quantitative estimate of drug-likeness (QED) is 0.451. The molecule has 0 bridgehead atoms. The van der Waals surface area contributed by atoms with Gasteiger partial charge in [0.25, 0.3) is 0 Å². The highest BCUT2D eigenvalue weighted by molar-refractivity contribution is 7.99. The van der Waals surface area contributed by atoms with Crippen LogP contribution in [0.25, 0.3) is 0 Å². The molecule has 3 rings (SSSR count). The fourth-order valence-corrected chi connectivity index (χ4v) is 6.87. The first-order valence-corrected chi connectivity index (χ1v) is 14.2. The number of thioether (sulfide) groups is 1. The van der Waals surface area contributed by atoms with E-state index in [-0.39, 0.29) is 29.7 Å². The fourth-order valence-electron chi connectivity index (χ4n) is 3.97. The number of esters is 1. The van der Waals surface area contributed by atoms with E-state index >= 15 is 0 Å². The summed E-state index contributed by atoms with van der Waals surface area (Å²) in [5.41, 5.74) is 2.04. The van der Waals surface area contributed by atoms with E-state index in [2.05, 4.69) is 0 Å². The molecule has 0 unspecified atom stereocenters. The molecule has 0 radical (unpaired) electrons. The van der Waals surface area contributed by atoms with E-state index in [1.165, 1.54) is 4.31 Å². The van der Waals surface area contributed by atoms with Crippen LogP contribution < -0.4 is 0 Å². The molecular formula is C26H33NO5S2. The van der Waals surface area contributed by atoms with Crippen LogP contribution in [-0.4, -0.2) is 54.7 Å². The maximum Gasteiger partial charge on any atom is 0.309 e. The van der Waals surface area contributed by atoms with Crippen LogP contribution in [0.5, 0.6) is 0 Å². The van der Waals surface area contributed by atoms with Crippen LogP contribution in [0.2, 0.25) is 0 Å². The Balaban J connectivity index is 1.78. The third-order valence-corrected chi connectivity index (χ3v) is 8.78. The summed E-state index contributed by atoms with van der Waals surface area (Å²) >= 11 is 1.56. The van der Waals surface area contributed by atoms with Gasteiger partial charge in [0.1, 0.15) is 0 Å². The van der Waals surface area contributed by atoms with Crippen molar-refractivity contribution in [2.45, 2.75) is 57.1 Å². The maximum absolute atomic E-state index is 13.4. The highest BCUT2D eigenvalue weighted by Gasteiger charge is 2.39. The average molecular weight is 504 g/mol. The number of rotatable bonds is 10. The molecular weight excluding hydrogens is 470 g/mol. The number of hydrogen-bond acceptors (Lipinski definition) is 6. The van der Waals surface area contributed by atoms with Gasteiger partial charge in [-0.1, -0.05) is 48.0 Å². The Bertz CT molecular complexity index is 1070. The third-order valence-electron chi connectivity index (χ3n) is 5.84. The lowest BCUT2D eigenvalue weighted by atomic mass is 9.92. The molecule has 2 atom stereocenters. The summed E-state index contributed by atoms with van der Waals surface area (Å²) in [6.45, 7) is 5.72. The second-order valence-electron chi connectivity index (χ2n) is 8.90. The second-order valence-corrected chi connectivity index (χ2v) is 11.9. The van der Waals surface area contributed by atoms with Crippen LogP contribution in [0.1, 0.15) is 37.8 Å². The van der Waals surface area contributed by atoms with Gasteiger partial charge in [-0.2, -0.15) is 16.1 Å². The molecule has 0 aromatic heterocycles. The summed E-state index contributed by atoms with van der Waals surface area (Å²) < 4.78 is 33.5. The monoisotopic (exact) mass is 503 g/mol. The van der Waals surface area contributed by atoms with Crippen LogP contribution in [-0.2, 0) is 30.8 Å². The summed E-state index contributed by atoms with van der Waals surface area (Å²) in [5, 5.41) is 0. The summed E-state index contributed by atoms with van der Waals surface area (Å²) in [4.78, 5) is 26.4. The zero-order valence-electron chi connectivity index (χ0n) is 20.0. The summed E-state index contributed by atoms with van der Waals surface area (Å²) in [6, 6.07) is 15.7. The van der Waals surface area contributed by atoms with Gasteiger partial charge < -0.3 is 4.74 Å². The number of Topliss-reactive ketones (excluding diaryl/α,β-unsaturated/α-hetero) is 1. The van der Waals surface area contributed by atoms with Gasteiger partial charge in [0.15, 0.2) is 5.78 Å². The van der Waals surface area contributed by atoms with Crippen LogP contribution in [0.15, 0.2) is 59.5 Å². The Hall–Kier alpha value is -2.16. The molecule has 184 valence electrons. The van der Waals surface area contributed by atoms with Crippen molar-refractivity contribution in [1.82, 2.24) is 4.31 Å². The minimum absolute atomic E-state index is 0.0382. The highest BCUT2D eigenvalue weighted by atomic mass is 32.2. The third kappa shape index (κ3) is 6.93. The number of ether oxygens (including phenoxy) is 1. The van der Waals surface area contributed by atoms with Gasteiger partial charge in [0, 0.05) is 24.5 Å². The molecule has 2 aromatic carbocycles. The number of aryl methyl sites for hydroxylation is 2. The van der Waals surface area contributed by atoms with E-state index < -0.39 is 28.0 Å². The molecule has 0 spiro atoms. The molecule has 1 aliphatic heterocycles. The van der Waals surface area contributed by atoms with Crippen molar-refractivity contribution >= 4 is 33.5 Å². The largest absolute Gasteiger partial charge is 0.463 e. The van der Waals surface area contributed by atoms with Crippen molar-refractivity contribution in [2.24, 2.45) is 5.92 Å². The molecule has 1 aliphatic rings. The number of hydrogen-bond donors (Lipinski definition) is 0. The molecule has 34 heavy (non-hydrogen) atoms. The van der Waals surface area contributed by atoms with Gasteiger partial charge in [-0.3, -0.25) is 9.59 Å². The van der Waals surface area contributed by atoms with Crippen molar-refractivity contribution in [3.63, 3.8) is 0 Å². The predicted octanol–water partition coefficient (Wildman–Crippen LogP) is 4.26. The maximum atomic E-state index is 13.4. The molecule has 1 saturated heterocycles. The van der Waals surface area contributed by atoms with Crippen LogP contribution in [0.3, 0.4) is 0 Å². The van der Waals surface area contributed by atoms with Gasteiger partial charge in [0.2, 0.25) is 10.0 Å². The summed E-state index contributed by atoms with van der Waals surface area (Å²) in [5.74, 6) is -0.251. The smallest absolute Gasteiger partial charge is 0.309 e. The van der Waals surface area contributed by atoms with Gasteiger partial charge in [-0.25, -0.2) is 8.42 Å². The standard InChI is InChI=1S/C26H33NO5S2/c1-19(2)32-26(29)22(12-11-21-7-5-4-6-8-21)17-25(28)24-18-33-16-15-27(24)34(30,31)23-13-9-20(3)10-14-23/h4-10,13-14,19,22,24H,11-12,15-18H2,1-3H3/t22-,24+/m1/s1. The second kappa shape index (κ2) is 12.0. The van der Waals surface area contributed by atoms with E-state index in [0.717, 1.165) is 11.1 Å². The number of carbonyl (C=O) groups is 2. The molecule has 2 aromatic rings. The summed E-state index contributed by atoms with van der Waals surface area (Å²) in [7, 11) is -3.82. The Kier molecular flexibility index (Phi) is 9.33. The molecule has 8 heteroatoms. The van der Waals surface area contributed by atoms with Crippen LogP contribution in [0.4, 0.5) is 0 Å². The zero-order chi connectivity index (χ0) is 24.7. The SMILES string of the molecule is Cc1ccc(S(=O)(=O)N2CCSC[C@H]2C(=O)C[C@@H](CCc2ccccc2)C(=O)OC(C)C)cc1. The number of benzene rings is 2. The molecule has 0 aliphatic carbocycles. The Morgan fingerprint density at radius 1 is 1.09 bits per heavy atom. The first-order valence-electron chi connectivity index (χ1n) is 11.6. The zero-order valence-corrected chi connectivity index (χ0v) is 21.6. The van der Waals surface area contributed by atoms with E-state index in [0.29, 0.717) is 24.3 Å². The van der Waals surface area contributed by atoms with Gasteiger partial charge in [0.05, 0.1) is 23.0 Å². The number of sulfonamides is 1. The van der Waals surface area contributed by atoms with Crippen LogP contribution >= 0.6 is 11.8 Å². The average Bonchev–Trinajstić information content (AvgIpc) is 2.82. The fraction of sp³-hybridized carbons (Fsp3) is 0.462. The number of ketones is 1. The number of carbonyl (C=O) groups excluding carboxylic acids is 2. The molecule has 0 N–H and O–H groups in total. The van der Waals surface area contributed by atoms with E-state index in [1.807, 2.05) is 37.3 Å². The van der Waals surface area contributed by atoms with Crippen molar-refractivity contribution in [1.29, 1.82) is 0 Å². The number of nitrogens with zero attached hydrogens (tertiary/aromatic N) is 1.